The van der Waals surface area contributed by atoms with Gasteiger partial charge in [0.2, 0.25) is 0 Å². The van der Waals surface area contributed by atoms with Crippen LogP contribution in [0.1, 0.15) is 37.0 Å². The van der Waals surface area contributed by atoms with Crippen LogP contribution >= 0.6 is 15.9 Å². The molecule has 0 unspecified atom stereocenters. The normalized spacial score (nSPS) is 11.7. The summed E-state index contributed by atoms with van der Waals surface area (Å²) < 4.78 is 0.978. The number of benzene rings is 3. The second-order valence-corrected chi connectivity index (χ2v) is 7.70. The molecule has 0 bridgehead atoms. The molecule has 3 rings (SSSR count). The zero-order valence-electron chi connectivity index (χ0n) is 15.2. The van der Waals surface area contributed by atoms with E-state index in [0.29, 0.717) is 5.75 Å². The van der Waals surface area contributed by atoms with E-state index in [1.165, 1.54) is 5.56 Å². The van der Waals surface area contributed by atoms with E-state index >= 15 is 0 Å². The molecule has 0 atom stereocenters. The minimum atomic E-state index is 0.189. The summed E-state index contributed by atoms with van der Waals surface area (Å²) in [6.45, 7) is 4.07. The van der Waals surface area contributed by atoms with Gasteiger partial charge in [-0.25, -0.2) is 0 Å². The fourth-order valence-corrected chi connectivity index (χ4v) is 3.76. The molecule has 3 aromatic carbocycles. The average molecular weight is 410 g/mol. The fraction of sp³-hybridized carbons (Fsp3) is 0.261. The van der Waals surface area contributed by atoms with Crippen LogP contribution in [0.4, 0.5) is 0 Å². The van der Waals surface area contributed by atoms with Crippen LogP contribution < -0.4 is 0 Å². The quantitative estimate of drug-likeness (QED) is 0.475. The predicted molar refractivity (Wildman–Crippen MR) is 115 cm³/mol. The summed E-state index contributed by atoms with van der Waals surface area (Å²) in [7, 11) is 0. The lowest BCUT2D eigenvalue weighted by atomic mass is 9.96. The Bertz CT molecular complexity index is 916. The van der Waals surface area contributed by atoms with Crippen molar-refractivity contribution in [3.63, 3.8) is 0 Å². The molecule has 0 amide bonds. The van der Waals surface area contributed by atoms with Gasteiger partial charge >= 0.3 is 0 Å². The monoisotopic (exact) mass is 409 g/mol. The third-order valence-corrected chi connectivity index (χ3v) is 5.12. The number of halogens is 1. The lowest BCUT2D eigenvalue weighted by Crippen LogP contribution is -1.97. The number of nitrogens with zero attached hydrogens (tertiary/aromatic N) is 1. The van der Waals surface area contributed by atoms with Gasteiger partial charge in [0, 0.05) is 27.7 Å². The Morgan fingerprint density at radius 3 is 2.54 bits per heavy atom. The second-order valence-electron chi connectivity index (χ2n) is 6.85. The van der Waals surface area contributed by atoms with E-state index in [1.54, 1.807) is 0 Å². The number of phenolic OH excluding ortho intramolecular Hbond substituents is 1. The molecule has 134 valence electrons. The summed E-state index contributed by atoms with van der Waals surface area (Å²) in [4.78, 5) is 4.51. The van der Waals surface area contributed by atoms with Crippen molar-refractivity contribution < 1.29 is 5.11 Å². The van der Waals surface area contributed by atoms with Crippen molar-refractivity contribution >= 4 is 32.9 Å². The predicted octanol–water partition coefficient (Wildman–Crippen LogP) is 6.31. The van der Waals surface area contributed by atoms with Crippen LogP contribution in [0.25, 0.3) is 10.8 Å². The number of aryl methyl sites for hydroxylation is 2. The number of phenols is 1. The third-order valence-electron chi connectivity index (χ3n) is 4.46. The molecule has 0 aliphatic heterocycles. The highest BCUT2D eigenvalue weighted by molar-refractivity contribution is 9.10. The van der Waals surface area contributed by atoms with Gasteiger partial charge in [-0.2, -0.15) is 0 Å². The Morgan fingerprint density at radius 2 is 1.81 bits per heavy atom. The fourth-order valence-electron chi connectivity index (χ4n) is 3.16. The van der Waals surface area contributed by atoms with Crippen molar-refractivity contribution in [3.05, 3.63) is 75.8 Å². The minimum absolute atomic E-state index is 0.189. The highest BCUT2D eigenvalue weighted by Gasteiger charge is 2.13. The largest absolute Gasteiger partial charge is 0.507 e. The first-order valence-corrected chi connectivity index (χ1v) is 9.85. The van der Waals surface area contributed by atoms with Gasteiger partial charge < -0.3 is 5.11 Å². The maximum atomic E-state index is 10.9. The van der Waals surface area contributed by atoms with Crippen molar-refractivity contribution in [2.45, 2.75) is 39.2 Å². The molecule has 0 fully saturated rings. The molecule has 0 aliphatic rings. The highest BCUT2D eigenvalue weighted by atomic mass is 79.9. The number of hydrogen-bond acceptors (Lipinski definition) is 2. The van der Waals surface area contributed by atoms with Crippen LogP contribution in [0.15, 0.2) is 64.1 Å². The van der Waals surface area contributed by atoms with E-state index < -0.39 is 0 Å². The van der Waals surface area contributed by atoms with Crippen molar-refractivity contribution in [1.82, 2.24) is 0 Å². The Balaban J connectivity index is 1.94. The zero-order chi connectivity index (χ0) is 18.5. The van der Waals surface area contributed by atoms with E-state index in [9.17, 15) is 5.11 Å². The Morgan fingerprint density at radius 1 is 1.04 bits per heavy atom. The van der Waals surface area contributed by atoms with Crippen LogP contribution in [0.5, 0.6) is 5.75 Å². The van der Waals surface area contributed by atoms with Gasteiger partial charge in [-0.05, 0) is 61.8 Å². The number of hydrogen-bond donors (Lipinski definition) is 1. The molecule has 0 aliphatic carbocycles. The third kappa shape index (κ3) is 4.34. The molecule has 2 nitrogen and oxygen atoms in total. The Hall–Kier alpha value is -2.13. The van der Waals surface area contributed by atoms with Crippen molar-refractivity contribution in [2.24, 2.45) is 4.99 Å². The Labute approximate surface area is 163 Å². The molecular formula is C23H24BrNO. The molecule has 1 N–H and O–H groups in total. The van der Waals surface area contributed by atoms with Crippen molar-refractivity contribution in [2.75, 3.05) is 0 Å². The van der Waals surface area contributed by atoms with Crippen LogP contribution in [-0.2, 0) is 12.8 Å². The van der Waals surface area contributed by atoms with Crippen LogP contribution in [0, 0.1) is 0 Å². The topological polar surface area (TPSA) is 32.6 Å². The van der Waals surface area contributed by atoms with Gasteiger partial charge in [-0.1, -0.05) is 58.4 Å². The van der Waals surface area contributed by atoms with Crippen LogP contribution in [0.2, 0.25) is 0 Å². The van der Waals surface area contributed by atoms with Gasteiger partial charge in [-0.15, -0.1) is 0 Å². The Kier molecular flexibility index (Phi) is 6.10. The van der Waals surface area contributed by atoms with Gasteiger partial charge in [0.15, 0.2) is 0 Å². The molecule has 26 heavy (non-hydrogen) atoms. The van der Waals surface area contributed by atoms with Gasteiger partial charge in [0.1, 0.15) is 5.75 Å². The lowest BCUT2D eigenvalue weighted by molar-refractivity contribution is 0.467. The summed E-state index contributed by atoms with van der Waals surface area (Å²) in [5.74, 6) is 0.349. The number of rotatable bonds is 6. The second kappa shape index (κ2) is 8.50. The first-order valence-electron chi connectivity index (χ1n) is 9.06. The molecule has 0 saturated carbocycles. The number of fused-ring (bicyclic) bond motifs is 1. The van der Waals surface area contributed by atoms with E-state index in [4.69, 9.17) is 0 Å². The number of aliphatic imine (C=N–C) groups is 1. The summed E-state index contributed by atoms with van der Waals surface area (Å²) in [6, 6.07) is 18.9. The molecule has 0 spiro atoms. The van der Waals surface area contributed by atoms with Gasteiger partial charge in [0.05, 0.1) is 0 Å². The van der Waals surface area contributed by atoms with Gasteiger partial charge in [0.25, 0.3) is 0 Å². The lowest BCUT2D eigenvalue weighted by Gasteiger charge is -2.13. The molecule has 0 saturated heterocycles. The minimum Gasteiger partial charge on any atom is -0.507 e. The highest BCUT2D eigenvalue weighted by Crippen LogP contribution is 2.35. The molecular weight excluding hydrogens is 386 g/mol. The van der Waals surface area contributed by atoms with E-state index in [-0.39, 0.29) is 6.04 Å². The SMILES string of the molecule is CC(C)N=Cc1c(O)c(CCCc2ccccc2)cc2cccc(Br)c12. The summed E-state index contributed by atoms with van der Waals surface area (Å²) in [6.07, 6.45) is 4.66. The maximum Gasteiger partial charge on any atom is 0.128 e. The van der Waals surface area contributed by atoms with E-state index in [0.717, 1.165) is 45.6 Å². The summed E-state index contributed by atoms with van der Waals surface area (Å²) in [5.41, 5.74) is 3.12. The number of aromatic hydroxyl groups is 1. The van der Waals surface area contributed by atoms with E-state index in [2.05, 4.69) is 57.3 Å². The standard InChI is InChI=1S/C23H24BrNO/c1-16(2)25-15-20-22-18(11-7-13-21(22)24)14-19(23(20)26)12-6-10-17-8-4-3-5-9-17/h3-5,7-9,11,13-16,26H,6,10,12H2,1-2H3. The molecule has 0 aromatic heterocycles. The first-order chi connectivity index (χ1) is 12.6. The van der Waals surface area contributed by atoms with Crippen molar-refractivity contribution in [3.8, 4) is 5.75 Å². The summed E-state index contributed by atoms with van der Waals surface area (Å²) in [5, 5.41) is 13.0. The average Bonchev–Trinajstić information content (AvgIpc) is 2.63. The van der Waals surface area contributed by atoms with Crippen molar-refractivity contribution in [1.29, 1.82) is 0 Å². The zero-order valence-corrected chi connectivity index (χ0v) is 16.8. The van der Waals surface area contributed by atoms with Gasteiger partial charge in [-0.3, -0.25) is 4.99 Å². The van der Waals surface area contributed by atoms with Crippen LogP contribution in [-0.4, -0.2) is 17.4 Å². The molecule has 3 aromatic rings. The molecule has 3 heteroatoms. The smallest absolute Gasteiger partial charge is 0.128 e. The van der Waals surface area contributed by atoms with E-state index in [1.807, 2.05) is 38.3 Å². The molecule has 0 heterocycles. The summed E-state index contributed by atoms with van der Waals surface area (Å²) >= 11 is 3.62. The molecule has 0 radical (unpaired) electrons. The van der Waals surface area contributed by atoms with Crippen LogP contribution in [0.3, 0.4) is 0 Å². The first kappa shape index (κ1) is 18.7. The maximum absolute atomic E-state index is 10.9.